The van der Waals surface area contributed by atoms with Crippen molar-refractivity contribution in [2.24, 2.45) is 0 Å². The largest absolute Gasteiger partial charge is 0.310 e. The Hall–Kier alpha value is -8.00. The highest BCUT2D eigenvalue weighted by atomic mass is 15.1. The minimum absolute atomic E-state index is 0.151. The van der Waals surface area contributed by atoms with Crippen molar-refractivity contribution in [3.63, 3.8) is 0 Å². The number of hydrogen-bond donors (Lipinski definition) is 0. The summed E-state index contributed by atoms with van der Waals surface area (Å²) in [5.41, 5.74) is 25.8. The molecule has 3 aliphatic rings. The molecule has 0 saturated heterocycles. The Balaban J connectivity index is 1.10. The SMILES string of the molecule is CC1(C)c2ccccc2-c2ccc(N(c3ccc(-c4ccccc4)cc3)c3cccc4c3-c3ccc(-c5ccccc5)cc3C43c4ccccc4-c4ccc(-c5ccccc5)cc43)cc21. The van der Waals surface area contributed by atoms with Crippen molar-refractivity contribution in [2.45, 2.75) is 24.7 Å². The zero-order valence-electron chi connectivity index (χ0n) is 36.5. The van der Waals surface area contributed by atoms with E-state index < -0.39 is 5.41 Å². The normalized spacial score (nSPS) is 15.4. The maximum absolute atomic E-state index is 2.53. The van der Waals surface area contributed by atoms with Crippen molar-refractivity contribution < 1.29 is 0 Å². The lowest BCUT2D eigenvalue weighted by atomic mass is 9.70. The molecule has 65 heavy (non-hydrogen) atoms. The van der Waals surface area contributed by atoms with Gasteiger partial charge in [0.05, 0.1) is 11.1 Å². The van der Waals surface area contributed by atoms with Crippen molar-refractivity contribution in [1.82, 2.24) is 0 Å². The van der Waals surface area contributed by atoms with Crippen molar-refractivity contribution >= 4 is 17.1 Å². The number of fused-ring (bicyclic) bond motifs is 13. The van der Waals surface area contributed by atoms with Gasteiger partial charge in [-0.25, -0.2) is 0 Å². The molecule has 0 fully saturated rings. The summed E-state index contributed by atoms with van der Waals surface area (Å²) in [5, 5.41) is 0. The van der Waals surface area contributed by atoms with Gasteiger partial charge in [0.2, 0.25) is 0 Å². The molecule has 1 spiro atoms. The van der Waals surface area contributed by atoms with E-state index >= 15 is 0 Å². The van der Waals surface area contributed by atoms with Gasteiger partial charge in [0.25, 0.3) is 0 Å². The van der Waals surface area contributed by atoms with E-state index in [0.29, 0.717) is 0 Å². The van der Waals surface area contributed by atoms with E-state index in [1.54, 1.807) is 0 Å². The monoisotopic (exact) mass is 827 g/mol. The molecule has 0 heterocycles. The minimum atomic E-state index is -0.563. The molecule has 0 amide bonds. The van der Waals surface area contributed by atoms with Crippen LogP contribution in [-0.4, -0.2) is 0 Å². The Bertz CT molecular complexity index is 3490. The Morgan fingerprint density at radius 2 is 0.708 bits per heavy atom. The van der Waals surface area contributed by atoms with Crippen LogP contribution < -0.4 is 4.90 Å². The summed E-state index contributed by atoms with van der Waals surface area (Å²) >= 11 is 0. The molecule has 1 atom stereocenters. The van der Waals surface area contributed by atoms with Crippen molar-refractivity contribution in [1.29, 1.82) is 0 Å². The third-order valence-corrected chi connectivity index (χ3v) is 14.7. The van der Waals surface area contributed by atoms with Gasteiger partial charge in [-0.1, -0.05) is 208 Å². The fourth-order valence-electron chi connectivity index (χ4n) is 11.7. The number of hydrogen-bond acceptors (Lipinski definition) is 1. The molecule has 0 saturated carbocycles. The van der Waals surface area contributed by atoms with E-state index in [9.17, 15) is 0 Å². The van der Waals surface area contributed by atoms with E-state index in [1.165, 1.54) is 106 Å². The summed E-state index contributed by atoms with van der Waals surface area (Å²) < 4.78 is 0. The van der Waals surface area contributed by atoms with Crippen LogP contribution in [0.4, 0.5) is 17.1 Å². The van der Waals surface area contributed by atoms with Gasteiger partial charge in [0.1, 0.15) is 0 Å². The van der Waals surface area contributed by atoms with Gasteiger partial charge in [0.15, 0.2) is 0 Å². The smallest absolute Gasteiger partial charge is 0.0726 e. The summed E-state index contributed by atoms with van der Waals surface area (Å²) in [6.07, 6.45) is 0. The summed E-state index contributed by atoms with van der Waals surface area (Å²) in [4.78, 5) is 2.53. The molecule has 10 aromatic carbocycles. The number of benzene rings is 10. The molecule has 0 aliphatic heterocycles. The third kappa shape index (κ3) is 5.46. The Labute approximate surface area is 381 Å². The van der Waals surface area contributed by atoms with Gasteiger partial charge in [-0.2, -0.15) is 0 Å². The zero-order chi connectivity index (χ0) is 43.3. The lowest BCUT2D eigenvalue weighted by Gasteiger charge is -2.32. The van der Waals surface area contributed by atoms with Gasteiger partial charge in [0, 0.05) is 22.4 Å². The van der Waals surface area contributed by atoms with E-state index in [0.717, 1.165) is 11.4 Å². The molecule has 0 bridgehead atoms. The molecule has 3 aliphatic carbocycles. The highest BCUT2D eigenvalue weighted by molar-refractivity contribution is 6.02. The van der Waals surface area contributed by atoms with Crippen molar-refractivity contribution in [2.75, 3.05) is 4.90 Å². The maximum Gasteiger partial charge on any atom is 0.0726 e. The van der Waals surface area contributed by atoms with Gasteiger partial charge in [-0.05, 0) is 137 Å². The first-order chi connectivity index (χ1) is 32.0. The number of anilines is 3. The van der Waals surface area contributed by atoms with Crippen LogP contribution in [0.5, 0.6) is 0 Å². The minimum Gasteiger partial charge on any atom is -0.310 e. The molecule has 13 rings (SSSR count). The summed E-state index contributed by atoms with van der Waals surface area (Å²) in [7, 11) is 0. The van der Waals surface area contributed by atoms with Crippen LogP contribution in [-0.2, 0) is 10.8 Å². The first-order valence-corrected chi connectivity index (χ1v) is 22.8. The Morgan fingerprint density at radius 1 is 0.277 bits per heavy atom. The zero-order valence-corrected chi connectivity index (χ0v) is 36.5. The van der Waals surface area contributed by atoms with Crippen molar-refractivity contribution in [3.05, 3.63) is 270 Å². The first kappa shape index (κ1) is 37.5. The highest BCUT2D eigenvalue weighted by Crippen LogP contribution is 2.65. The second-order valence-corrected chi connectivity index (χ2v) is 18.4. The predicted octanol–water partition coefficient (Wildman–Crippen LogP) is 16.8. The van der Waals surface area contributed by atoms with E-state index in [2.05, 4.69) is 255 Å². The lowest BCUT2D eigenvalue weighted by Crippen LogP contribution is -2.26. The Morgan fingerprint density at radius 3 is 1.35 bits per heavy atom. The molecule has 0 aromatic heterocycles. The second-order valence-electron chi connectivity index (χ2n) is 18.4. The van der Waals surface area contributed by atoms with Crippen LogP contribution in [0.25, 0.3) is 66.8 Å². The summed E-state index contributed by atoms with van der Waals surface area (Å²) in [6, 6.07) is 88.4. The van der Waals surface area contributed by atoms with Crippen LogP contribution in [0.1, 0.15) is 47.2 Å². The quantitative estimate of drug-likeness (QED) is 0.161. The van der Waals surface area contributed by atoms with Gasteiger partial charge in [-0.3, -0.25) is 0 Å². The van der Waals surface area contributed by atoms with E-state index in [4.69, 9.17) is 0 Å². The fraction of sp³-hybridized carbons (Fsp3) is 0.0625. The Kier molecular flexibility index (Phi) is 8.24. The molecular weight excluding hydrogens is 783 g/mol. The molecule has 0 N–H and O–H groups in total. The van der Waals surface area contributed by atoms with Crippen LogP contribution in [0.2, 0.25) is 0 Å². The fourth-order valence-corrected chi connectivity index (χ4v) is 11.7. The molecule has 1 heteroatoms. The van der Waals surface area contributed by atoms with Crippen LogP contribution in [0.3, 0.4) is 0 Å². The molecule has 306 valence electrons. The molecule has 1 unspecified atom stereocenters. The molecule has 1 nitrogen and oxygen atoms in total. The van der Waals surface area contributed by atoms with Gasteiger partial charge in [-0.15, -0.1) is 0 Å². The maximum atomic E-state index is 2.53. The second kappa shape index (κ2) is 14.3. The first-order valence-electron chi connectivity index (χ1n) is 22.8. The summed E-state index contributed by atoms with van der Waals surface area (Å²) in [5.74, 6) is 0. The average molecular weight is 828 g/mol. The molecule has 10 aromatic rings. The molecular formula is C64H45N. The standard InChI is InChI=1S/C64H45N/c1-63(2)55-25-14-12-23-50(55)52-38-35-49(41-58(52)63)65(48-33-29-45(30-34-48)42-17-6-3-7-18-42)61-28-16-27-57-62(61)54-37-32-47(44-21-10-5-11-22-44)40-60(54)64(57)56-26-15-13-24-51(56)53-36-31-46(39-59(53)64)43-19-8-4-9-20-43/h3-41H,1-2H3. The van der Waals surface area contributed by atoms with Crippen LogP contribution in [0, 0.1) is 0 Å². The highest BCUT2D eigenvalue weighted by Gasteiger charge is 2.53. The lowest BCUT2D eigenvalue weighted by molar-refractivity contribution is 0.660. The number of nitrogens with zero attached hydrogens (tertiary/aromatic N) is 1. The van der Waals surface area contributed by atoms with Crippen LogP contribution in [0.15, 0.2) is 237 Å². The van der Waals surface area contributed by atoms with Crippen molar-refractivity contribution in [3.8, 4) is 66.8 Å². The predicted molar refractivity (Wildman–Crippen MR) is 271 cm³/mol. The molecule has 0 radical (unpaired) electrons. The third-order valence-electron chi connectivity index (χ3n) is 14.7. The topological polar surface area (TPSA) is 3.24 Å². The van der Waals surface area contributed by atoms with E-state index in [-0.39, 0.29) is 5.41 Å². The van der Waals surface area contributed by atoms with E-state index in [1.807, 2.05) is 0 Å². The summed E-state index contributed by atoms with van der Waals surface area (Å²) in [6.45, 7) is 4.76. The van der Waals surface area contributed by atoms with Gasteiger partial charge < -0.3 is 4.90 Å². The van der Waals surface area contributed by atoms with Crippen LogP contribution >= 0.6 is 0 Å². The number of rotatable bonds is 6. The average Bonchev–Trinajstić information content (AvgIpc) is 3.93. The van der Waals surface area contributed by atoms with Gasteiger partial charge >= 0.3 is 0 Å².